The van der Waals surface area contributed by atoms with Crippen molar-refractivity contribution in [1.29, 1.82) is 0 Å². The summed E-state index contributed by atoms with van der Waals surface area (Å²) in [5.41, 5.74) is 5.01. The lowest BCUT2D eigenvalue weighted by Crippen LogP contribution is -2.28. The molecule has 6 nitrogen and oxygen atoms in total. The van der Waals surface area contributed by atoms with Crippen LogP contribution in [0.3, 0.4) is 0 Å². The highest BCUT2D eigenvalue weighted by molar-refractivity contribution is 6.05. The average Bonchev–Trinajstić information content (AvgIpc) is 2.57. The normalized spacial score (nSPS) is 10.2. The third-order valence-corrected chi connectivity index (χ3v) is 3.24. The van der Waals surface area contributed by atoms with Gasteiger partial charge in [-0.1, -0.05) is 0 Å². The first-order valence-corrected chi connectivity index (χ1v) is 7.30. The summed E-state index contributed by atoms with van der Waals surface area (Å²) < 4.78 is 26.7. The van der Waals surface area contributed by atoms with Gasteiger partial charge in [0.25, 0.3) is 11.8 Å². The Balaban J connectivity index is 2.10. The van der Waals surface area contributed by atoms with Crippen molar-refractivity contribution in [2.45, 2.75) is 6.42 Å². The highest BCUT2D eigenvalue weighted by atomic mass is 19.1. The Hall–Kier alpha value is -3.29. The van der Waals surface area contributed by atoms with E-state index in [2.05, 4.69) is 10.6 Å². The Morgan fingerprint density at radius 2 is 1.56 bits per heavy atom. The zero-order chi connectivity index (χ0) is 18.4. The minimum Gasteiger partial charge on any atom is -0.370 e. The second-order valence-electron chi connectivity index (χ2n) is 5.13. The van der Waals surface area contributed by atoms with E-state index in [1.54, 1.807) is 0 Å². The van der Waals surface area contributed by atoms with Crippen LogP contribution in [0.4, 0.5) is 14.5 Å². The Morgan fingerprint density at radius 1 is 0.920 bits per heavy atom. The van der Waals surface area contributed by atoms with Crippen LogP contribution in [0.1, 0.15) is 27.1 Å². The molecular weight excluding hydrogens is 332 g/mol. The summed E-state index contributed by atoms with van der Waals surface area (Å²) in [6, 6.07) is 8.15. The third-order valence-electron chi connectivity index (χ3n) is 3.24. The lowest BCUT2D eigenvalue weighted by molar-refractivity contribution is -0.117. The topological polar surface area (TPSA) is 101 Å². The molecule has 2 aromatic carbocycles. The first-order chi connectivity index (χ1) is 11.9. The van der Waals surface area contributed by atoms with Crippen LogP contribution in [-0.4, -0.2) is 24.3 Å². The standard InChI is InChI=1S/C17H15F2N3O3/c18-12-4-1-10(2-5-12)17(25)22-14-9-11(3-6-13(14)19)16(24)21-8-7-15(20)23/h1-6,9H,7-8H2,(H2,20,23)(H,21,24)(H,22,25). The lowest BCUT2D eigenvalue weighted by atomic mass is 10.1. The molecule has 0 aliphatic heterocycles. The van der Waals surface area contributed by atoms with Gasteiger partial charge in [0.1, 0.15) is 11.6 Å². The molecule has 0 unspecified atom stereocenters. The molecule has 0 aliphatic rings. The number of nitrogens with one attached hydrogen (secondary N) is 2. The minimum atomic E-state index is -0.732. The molecule has 0 aromatic heterocycles. The number of hydrogen-bond donors (Lipinski definition) is 3. The fraction of sp³-hybridized carbons (Fsp3) is 0.118. The third kappa shape index (κ3) is 5.10. The Morgan fingerprint density at radius 3 is 2.20 bits per heavy atom. The number of rotatable bonds is 6. The van der Waals surface area contributed by atoms with Crippen molar-refractivity contribution < 1.29 is 23.2 Å². The highest BCUT2D eigenvalue weighted by Gasteiger charge is 2.13. The van der Waals surface area contributed by atoms with Gasteiger partial charge in [-0.3, -0.25) is 14.4 Å². The monoisotopic (exact) mass is 347 g/mol. The molecule has 0 atom stereocenters. The van der Waals surface area contributed by atoms with Crippen molar-refractivity contribution >= 4 is 23.4 Å². The smallest absolute Gasteiger partial charge is 0.255 e. The van der Waals surface area contributed by atoms with Crippen molar-refractivity contribution in [3.05, 3.63) is 65.2 Å². The molecule has 0 fully saturated rings. The molecule has 0 spiro atoms. The predicted molar refractivity (Wildman–Crippen MR) is 86.9 cm³/mol. The average molecular weight is 347 g/mol. The number of primary amides is 1. The maximum atomic E-state index is 13.9. The first kappa shape index (κ1) is 18.1. The molecule has 0 radical (unpaired) electrons. The fourth-order valence-corrected chi connectivity index (χ4v) is 1.96. The molecule has 4 N–H and O–H groups in total. The number of carbonyl (C=O) groups excluding carboxylic acids is 3. The van der Waals surface area contributed by atoms with E-state index in [1.165, 1.54) is 18.2 Å². The van der Waals surface area contributed by atoms with Gasteiger partial charge < -0.3 is 16.4 Å². The maximum absolute atomic E-state index is 13.9. The maximum Gasteiger partial charge on any atom is 0.255 e. The van der Waals surface area contributed by atoms with Crippen molar-refractivity contribution in [3.8, 4) is 0 Å². The van der Waals surface area contributed by atoms with Crippen LogP contribution in [0, 0.1) is 11.6 Å². The van der Waals surface area contributed by atoms with E-state index in [9.17, 15) is 23.2 Å². The van der Waals surface area contributed by atoms with Crippen LogP contribution in [0.25, 0.3) is 0 Å². The number of benzene rings is 2. The molecule has 2 aromatic rings. The SMILES string of the molecule is NC(=O)CCNC(=O)c1ccc(F)c(NC(=O)c2ccc(F)cc2)c1. The van der Waals surface area contributed by atoms with Crippen LogP contribution in [0.2, 0.25) is 0 Å². The molecule has 0 saturated heterocycles. The van der Waals surface area contributed by atoms with Crippen LogP contribution in [0.15, 0.2) is 42.5 Å². The van der Waals surface area contributed by atoms with E-state index in [4.69, 9.17) is 5.73 Å². The number of carbonyl (C=O) groups is 3. The van der Waals surface area contributed by atoms with Crippen molar-refractivity contribution in [2.75, 3.05) is 11.9 Å². The molecule has 0 heterocycles. The quantitative estimate of drug-likeness (QED) is 0.743. The van der Waals surface area contributed by atoms with Gasteiger partial charge in [-0.25, -0.2) is 8.78 Å². The summed E-state index contributed by atoms with van der Waals surface area (Å²) in [4.78, 5) is 34.6. The van der Waals surface area contributed by atoms with E-state index in [0.717, 1.165) is 24.3 Å². The van der Waals surface area contributed by atoms with E-state index >= 15 is 0 Å². The van der Waals surface area contributed by atoms with E-state index in [-0.39, 0.29) is 29.8 Å². The number of anilines is 1. The van der Waals surface area contributed by atoms with E-state index in [0.29, 0.717) is 0 Å². The van der Waals surface area contributed by atoms with Gasteiger partial charge in [-0.2, -0.15) is 0 Å². The summed E-state index contributed by atoms with van der Waals surface area (Å²) in [6.45, 7) is 0.0445. The molecule has 8 heteroatoms. The molecule has 3 amide bonds. The lowest BCUT2D eigenvalue weighted by Gasteiger charge is -2.09. The number of amides is 3. The largest absolute Gasteiger partial charge is 0.370 e. The van der Waals surface area contributed by atoms with Crippen LogP contribution < -0.4 is 16.4 Å². The summed E-state index contributed by atoms with van der Waals surface area (Å²) in [5, 5.41) is 4.78. The second-order valence-corrected chi connectivity index (χ2v) is 5.13. The molecule has 0 bridgehead atoms. The Labute approximate surface area is 142 Å². The van der Waals surface area contributed by atoms with Crippen molar-refractivity contribution in [2.24, 2.45) is 5.73 Å². The van der Waals surface area contributed by atoms with E-state index < -0.39 is 29.4 Å². The summed E-state index contributed by atoms with van der Waals surface area (Å²) in [5.74, 6) is -2.99. The fourth-order valence-electron chi connectivity index (χ4n) is 1.96. The molecule has 2 rings (SSSR count). The van der Waals surface area contributed by atoms with Gasteiger partial charge in [0, 0.05) is 24.1 Å². The van der Waals surface area contributed by atoms with Crippen LogP contribution in [0.5, 0.6) is 0 Å². The van der Waals surface area contributed by atoms with Crippen LogP contribution in [-0.2, 0) is 4.79 Å². The Bertz CT molecular complexity index is 807. The van der Waals surface area contributed by atoms with Gasteiger partial charge in [0.15, 0.2) is 0 Å². The summed E-state index contributed by atoms with van der Waals surface area (Å²) in [7, 11) is 0. The van der Waals surface area contributed by atoms with Gasteiger partial charge in [-0.05, 0) is 42.5 Å². The Kier molecular flexibility index (Phi) is 5.78. The summed E-state index contributed by atoms with van der Waals surface area (Å²) in [6.07, 6.45) is -0.0267. The summed E-state index contributed by atoms with van der Waals surface area (Å²) >= 11 is 0. The highest BCUT2D eigenvalue weighted by Crippen LogP contribution is 2.17. The van der Waals surface area contributed by atoms with Gasteiger partial charge >= 0.3 is 0 Å². The second kappa shape index (κ2) is 8.00. The first-order valence-electron chi connectivity index (χ1n) is 7.30. The van der Waals surface area contributed by atoms with Gasteiger partial charge in [0.05, 0.1) is 5.69 Å². The number of nitrogens with two attached hydrogens (primary N) is 1. The molecule has 0 saturated carbocycles. The van der Waals surface area contributed by atoms with E-state index in [1.807, 2.05) is 0 Å². The minimum absolute atomic E-state index is 0.0267. The van der Waals surface area contributed by atoms with Gasteiger partial charge in [0.2, 0.25) is 5.91 Å². The number of hydrogen-bond acceptors (Lipinski definition) is 3. The van der Waals surface area contributed by atoms with Crippen molar-refractivity contribution in [1.82, 2.24) is 5.32 Å². The van der Waals surface area contributed by atoms with Crippen molar-refractivity contribution in [3.63, 3.8) is 0 Å². The van der Waals surface area contributed by atoms with Crippen LogP contribution >= 0.6 is 0 Å². The zero-order valence-corrected chi connectivity index (χ0v) is 13.0. The number of halogens is 2. The molecule has 25 heavy (non-hydrogen) atoms. The van der Waals surface area contributed by atoms with Gasteiger partial charge in [-0.15, -0.1) is 0 Å². The molecule has 0 aliphatic carbocycles. The molecular formula is C17H15F2N3O3. The molecule has 130 valence electrons. The predicted octanol–water partition coefficient (Wildman–Crippen LogP) is 1.82. The zero-order valence-electron chi connectivity index (χ0n) is 13.0.